The molecule has 0 saturated carbocycles. The molecule has 0 amide bonds. The van der Waals surface area contributed by atoms with Gasteiger partial charge in [0, 0.05) is 19.1 Å². The smallest absolute Gasteiger partial charge is 0.0243 e. The van der Waals surface area contributed by atoms with Crippen molar-refractivity contribution in [1.82, 2.24) is 10.2 Å². The first-order valence-corrected chi connectivity index (χ1v) is 8.30. The molecule has 1 N–H and O–H groups in total. The Bertz CT molecular complexity index is 573. The van der Waals surface area contributed by atoms with Crippen LogP contribution in [0.4, 0.5) is 0 Å². The van der Waals surface area contributed by atoms with Gasteiger partial charge in [0.2, 0.25) is 0 Å². The minimum absolute atomic E-state index is 0.704. The van der Waals surface area contributed by atoms with Gasteiger partial charge in [-0.25, -0.2) is 0 Å². The molecular weight excluding hydrogens is 256 g/mol. The number of benzene rings is 2. The van der Waals surface area contributed by atoms with Gasteiger partial charge in [0.25, 0.3) is 0 Å². The van der Waals surface area contributed by atoms with Crippen LogP contribution in [-0.4, -0.2) is 30.6 Å². The Morgan fingerprint density at radius 2 is 2.00 bits per heavy atom. The van der Waals surface area contributed by atoms with Crippen molar-refractivity contribution >= 4 is 10.8 Å². The van der Waals surface area contributed by atoms with Crippen molar-refractivity contribution in [2.24, 2.45) is 0 Å². The minimum atomic E-state index is 0.704. The van der Waals surface area contributed by atoms with Crippen molar-refractivity contribution in [1.29, 1.82) is 0 Å². The normalized spacial score (nSPS) is 19.4. The van der Waals surface area contributed by atoms with Gasteiger partial charge in [-0.05, 0) is 48.7 Å². The van der Waals surface area contributed by atoms with E-state index in [0.29, 0.717) is 6.04 Å². The SMILES string of the molecule is CCCNCC1CCCN1Cc1cccc2ccccc12. The van der Waals surface area contributed by atoms with E-state index < -0.39 is 0 Å². The van der Waals surface area contributed by atoms with Crippen LogP contribution in [-0.2, 0) is 6.54 Å². The van der Waals surface area contributed by atoms with E-state index in [4.69, 9.17) is 0 Å². The molecule has 1 heterocycles. The second-order valence-corrected chi connectivity index (χ2v) is 6.11. The Kier molecular flexibility index (Phi) is 4.89. The fourth-order valence-corrected chi connectivity index (χ4v) is 3.43. The summed E-state index contributed by atoms with van der Waals surface area (Å²) in [6.45, 7) is 6.83. The predicted octanol–water partition coefficient (Wildman–Crippen LogP) is 3.80. The van der Waals surface area contributed by atoms with Crippen molar-refractivity contribution in [2.45, 2.75) is 38.8 Å². The van der Waals surface area contributed by atoms with Crippen molar-refractivity contribution < 1.29 is 0 Å². The molecule has 2 heteroatoms. The molecule has 1 aliphatic rings. The largest absolute Gasteiger partial charge is 0.315 e. The van der Waals surface area contributed by atoms with E-state index in [-0.39, 0.29) is 0 Å². The van der Waals surface area contributed by atoms with Crippen LogP contribution in [0, 0.1) is 0 Å². The highest BCUT2D eigenvalue weighted by Gasteiger charge is 2.24. The number of hydrogen-bond acceptors (Lipinski definition) is 2. The van der Waals surface area contributed by atoms with Gasteiger partial charge in [0.15, 0.2) is 0 Å². The van der Waals surface area contributed by atoms with Gasteiger partial charge >= 0.3 is 0 Å². The van der Waals surface area contributed by atoms with Crippen molar-refractivity contribution in [3.63, 3.8) is 0 Å². The molecule has 0 aromatic heterocycles. The molecule has 1 atom stereocenters. The Morgan fingerprint density at radius 3 is 2.90 bits per heavy atom. The van der Waals surface area contributed by atoms with E-state index in [1.165, 1.54) is 42.1 Å². The first kappa shape index (κ1) is 14.6. The highest BCUT2D eigenvalue weighted by molar-refractivity contribution is 5.85. The van der Waals surface area contributed by atoms with Crippen LogP contribution in [0.15, 0.2) is 42.5 Å². The van der Waals surface area contributed by atoms with E-state index >= 15 is 0 Å². The van der Waals surface area contributed by atoms with Crippen LogP contribution >= 0.6 is 0 Å². The first-order valence-electron chi connectivity index (χ1n) is 8.30. The molecule has 0 radical (unpaired) electrons. The number of hydrogen-bond donors (Lipinski definition) is 1. The lowest BCUT2D eigenvalue weighted by Crippen LogP contribution is -2.37. The standard InChI is InChI=1S/C19H26N2/c1-2-12-20-14-18-10-6-13-21(18)15-17-9-5-8-16-7-3-4-11-19(16)17/h3-5,7-9,11,18,20H,2,6,10,12-15H2,1H3. The van der Waals surface area contributed by atoms with Gasteiger partial charge in [-0.2, -0.15) is 0 Å². The second-order valence-electron chi connectivity index (χ2n) is 6.11. The summed E-state index contributed by atoms with van der Waals surface area (Å²) < 4.78 is 0. The molecule has 1 saturated heterocycles. The highest BCUT2D eigenvalue weighted by Crippen LogP contribution is 2.24. The van der Waals surface area contributed by atoms with E-state index in [0.717, 1.165) is 19.6 Å². The number of rotatable bonds is 6. The van der Waals surface area contributed by atoms with Gasteiger partial charge in [-0.3, -0.25) is 4.90 Å². The summed E-state index contributed by atoms with van der Waals surface area (Å²) in [6.07, 6.45) is 3.89. The number of nitrogens with one attached hydrogen (secondary N) is 1. The molecule has 1 fully saturated rings. The Labute approximate surface area is 128 Å². The van der Waals surface area contributed by atoms with E-state index in [9.17, 15) is 0 Å². The third-order valence-electron chi connectivity index (χ3n) is 4.56. The topological polar surface area (TPSA) is 15.3 Å². The summed E-state index contributed by atoms with van der Waals surface area (Å²) in [6, 6.07) is 16.1. The maximum Gasteiger partial charge on any atom is 0.0243 e. The van der Waals surface area contributed by atoms with Gasteiger partial charge in [0.1, 0.15) is 0 Å². The zero-order valence-electron chi connectivity index (χ0n) is 13.0. The second kappa shape index (κ2) is 7.06. The summed E-state index contributed by atoms with van der Waals surface area (Å²) >= 11 is 0. The maximum atomic E-state index is 3.59. The fraction of sp³-hybridized carbons (Fsp3) is 0.474. The van der Waals surface area contributed by atoms with Crippen LogP contribution in [0.25, 0.3) is 10.8 Å². The zero-order chi connectivity index (χ0) is 14.5. The van der Waals surface area contributed by atoms with Gasteiger partial charge in [-0.15, -0.1) is 0 Å². The molecule has 1 unspecified atom stereocenters. The Hall–Kier alpha value is -1.38. The van der Waals surface area contributed by atoms with E-state index in [1.807, 2.05) is 0 Å². The van der Waals surface area contributed by atoms with Crippen LogP contribution in [0.3, 0.4) is 0 Å². The Morgan fingerprint density at radius 1 is 1.14 bits per heavy atom. The van der Waals surface area contributed by atoms with Crippen LogP contribution < -0.4 is 5.32 Å². The lowest BCUT2D eigenvalue weighted by molar-refractivity contribution is 0.240. The molecular formula is C19H26N2. The van der Waals surface area contributed by atoms with Crippen molar-refractivity contribution in [3.8, 4) is 0 Å². The quantitative estimate of drug-likeness (QED) is 0.811. The van der Waals surface area contributed by atoms with Gasteiger partial charge in [0.05, 0.1) is 0 Å². The van der Waals surface area contributed by atoms with Gasteiger partial charge < -0.3 is 5.32 Å². The third-order valence-corrected chi connectivity index (χ3v) is 4.56. The van der Waals surface area contributed by atoms with E-state index in [1.54, 1.807) is 0 Å². The summed E-state index contributed by atoms with van der Waals surface area (Å²) in [4.78, 5) is 2.66. The fourth-order valence-electron chi connectivity index (χ4n) is 3.43. The molecule has 0 aliphatic carbocycles. The minimum Gasteiger partial charge on any atom is -0.315 e. The van der Waals surface area contributed by atoms with Crippen LogP contribution in [0.2, 0.25) is 0 Å². The number of nitrogens with zero attached hydrogens (tertiary/aromatic N) is 1. The van der Waals surface area contributed by atoms with Crippen molar-refractivity contribution in [2.75, 3.05) is 19.6 Å². The molecule has 112 valence electrons. The number of likely N-dealkylation sites (tertiary alicyclic amines) is 1. The van der Waals surface area contributed by atoms with Crippen molar-refractivity contribution in [3.05, 3.63) is 48.0 Å². The lowest BCUT2D eigenvalue weighted by Gasteiger charge is -2.25. The van der Waals surface area contributed by atoms with Gasteiger partial charge in [-0.1, -0.05) is 49.4 Å². The molecule has 1 aliphatic heterocycles. The third kappa shape index (κ3) is 3.45. The monoisotopic (exact) mass is 282 g/mol. The predicted molar refractivity (Wildman–Crippen MR) is 90.5 cm³/mol. The maximum absolute atomic E-state index is 3.59. The molecule has 0 spiro atoms. The molecule has 2 aromatic carbocycles. The molecule has 0 bridgehead atoms. The first-order chi connectivity index (χ1) is 10.4. The average molecular weight is 282 g/mol. The average Bonchev–Trinajstić information content (AvgIpc) is 2.95. The molecule has 3 rings (SSSR count). The summed E-state index contributed by atoms with van der Waals surface area (Å²) in [5, 5.41) is 6.35. The lowest BCUT2D eigenvalue weighted by atomic mass is 10.0. The number of fused-ring (bicyclic) bond motifs is 1. The van der Waals surface area contributed by atoms with Crippen LogP contribution in [0.5, 0.6) is 0 Å². The Balaban J connectivity index is 1.72. The zero-order valence-corrected chi connectivity index (χ0v) is 13.0. The summed E-state index contributed by atoms with van der Waals surface area (Å²) in [5.74, 6) is 0. The summed E-state index contributed by atoms with van der Waals surface area (Å²) in [5.41, 5.74) is 1.47. The molecule has 2 aromatic rings. The summed E-state index contributed by atoms with van der Waals surface area (Å²) in [7, 11) is 0. The van der Waals surface area contributed by atoms with Crippen LogP contribution in [0.1, 0.15) is 31.7 Å². The van der Waals surface area contributed by atoms with E-state index in [2.05, 4.69) is 59.6 Å². The molecule has 21 heavy (non-hydrogen) atoms. The molecule has 2 nitrogen and oxygen atoms in total. The highest BCUT2D eigenvalue weighted by atomic mass is 15.2.